The minimum Gasteiger partial charge on any atom is -0.506 e. The number of anilines is 1. The summed E-state index contributed by atoms with van der Waals surface area (Å²) in [7, 11) is 1.82. The zero-order valence-electron chi connectivity index (χ0n) is 12.8. The van der Waals surface area contributed by atoms with Crippen LogP contribution in [0.2, 0.25) is 0 Å². The van der Waals surface area contributed by atoms with Crippen LogP contribution in [0, 0.1) is 6.92 Å². The molecule has 0 bridgehead atoms. The van der Waals surface area contributed by atoms with Gasteiger partial charge in [0.2, 0.25) is 0 Å². The highest BCUT2D eigenvalue weighted by molar-refractivity contribution is 5.97. The number of rotatable bonds is 3. The Kier molecular flexibility index (Phi) is 3.71. The van der Waals surface area contributed by atoms with Crippen molar-refractivity contribution in [2.75, 3.05) is 18.9 Å². The second-order valence-electron chi connectivity index (χ2n) is 5.62. The molecule has 1 aliphatic rings. The number of hydrogen-bond acceptors (Lipinski definition) is 4. The number of aromatic hydroxyl groups is 1. The summed E-state index contributed by atoms with van der Waals surface area (Å²) in [5, 5.41) is 13.0. The average molecular weight is 297 g/mol. The average Bonchev–Trinajstić information content (AvgIpc) is 2.52. The molecule has 1 aromatic carbocycles. The number of aromatic nitrogens is 1. The van der Waals surface area contributed by atoms with Gasteiger partial charge in [0.15, 0.2) is 0 Å². The Labute approximate surface area is 129 Å². The van der Waals surface area contributed by atoms with Gasteiger partial charge in [-0.2, -0.15) is 0 Å². The van der Waals surface area contributed by atoms with Crippen LogP contribution < -0.4 is 5.32 Å². The first kappa shape index (κ1) is 14.4. The lowest BCUT2D eigenvalue weighted by atomic mass is 9.99. The number of nitrogens with one attached hydrogen (secondary N) is 1. The Balaban J connectivity index is 1.79. The molecule has 0 unspecified atom stereocenters. The molecule has 114 valence electrons. The first-order valence-corrected chi connectivity index (χ1v) is 7.32. The molecule has 2 aromatic rings. The van der Waals surface area contributed by atoms with Gasteiger partial charge in [0.05, 0.1) is 6.54 Å². The van der Waals surface area contributed by atoms with Gasteiger partial charge in [-0.1, -0.05) is 6.07 Å². The highest BCUT2D eigenvalue weighted by Gasteiger charge is 2.21. The van der Waals surface area contributed by atoms with E-state index < -0.39 is 0 Å². The summed E-state index contributed by atoms with van der Waals surface area (Å²) >= 11 is 0. The van der Waals surface area contributed by atoms with E-state index in [2.05, 4.69) is 10.3 Å². The molecule has 0 radical (unpaired) electrons. The zero-order chi connectivity index (χ0) is 15.7. The van der Waals surface area contributed by atoms with Crippen molar-refractivity contribution in [3.05, 3.63) is 52.8 Å². The summed E-state index contributed by atoms with van der Waals surface area (Å²) in [6, 6.07) is 9.24. The summed E-state index contributed by atoms with van der Waals surface area (Å²) in [5.74, 6) is 0.230. The largest absolute Gasteiger partial charge is 0.506 e. The van der Waals surface area contributed by atoms with Gasteiger partial charge in [0.1, 0.15) is 11.4 Å². The van der Waals surface area contributed by atoms with Crippen LogP contribution in [0.25, 0.3) is 0 Å². The van der Waals surface area contributed by atoms with Gasteiger partial charge in [0.25, 0.3) is 5.91 Å². The predicted octanol–water partition coefficient (Wildman–Crippen LogP) is 2.34. The summed E-state index contributed by atoms with van der Waals surface area (Å²) in [6.07, 6.45) is 0.887. The standard InChI is InChI=1S/C17H19N3O2/c1-11-3-6-16(21)15(19-11)10-18-13-5-4-12-7-8-20(2)17(22)14(12)9-13/h3-6,9,18,21H,7-8,10H2,1-2H3. The van der Waals surface area contributed by atoms with Crippen molar-refractivity contribution >= 4 is 11.6 Å². The van der Waals surface area contributed by atoms with Gasteiger partial charge in [-0.05, 0) is 43.2 Å². The highest BCUT2D eigenvalue weighted by Crippen LogP contribution is 2.23. The van der Waals surface area contributed by atoms with Crippen LogP contribution in [-0.2, 0) is 13.0 Å². The number of carbonyl (C=O) groups excluding carboxylic acids is 1. The van der Waals surface area contributed by atoms with Crippen molar-refractivity contribution < 1.29 is 9.90 Å². The number of amides is 1. The van der Waals surface area contributed by atoms with Crippen molar-refractivity contribution in [3.63, 3.8) is 0 Å². The third kappa shape index (κ3) is 2.74. The monoisotopic (exact) mass is 297 g/mol. The molecule has 2 heterocycles. The molecular weight excluding hydrogens is 278 g/mol. The maximum Gasteiger partial charge on any atom is 0.253 e. The van der Waals surface area contributed by atoms with Crippen LogP contribution in [0.3, 0.4) is 0 Å². The lowest BCUT2D eigenvalue weighted by molar-refractivity contribution is 0.0781. The van der Waals surface area contributed by atoms with Crippen LogP contribution in [0.5, 0.6) is 5.75 Å². The molecule has 0 fully saturated rings. The summed E-state index contributed by atoms with van der Waals surface area (Å²) in [5.41, 5.74) is 4.15. The minimum atomic E-state index is 0.0569. The first-order valence-electron chi connectivity index (χ1n) is 7.32. The zero-order valence-corrected chi connectivity index (χ0v) is 12.8. The fourth-order valence-corrected chi connectivity index (χ4v) is 2.62. The number of benzene rings is 1. The van der Waals surface area contributed by atoms with E-state index in [1.165, 1.54) is 0 Å². The molecule has 3 rings (SSSR count). The summed E-state index contributed by atoms with van der Waals surface area (Å²) in [4.78, 5) is 18.2. The number of fused-ring (bicyclic) bond motifs is 1. The molecule has 5 heteroatoms. The van der Waals surface area contributed by atoms with E-state index in [-0.39, 0.29) is 11.7 Å². The van der Waals surface area contributed by atoms with Gasteiger partial charge >= 0.3 is 0 Å². The number of hydrogen-bond donors (Lipinski definition) is 2. The molecule has 0 saturated carbocycles. The first-order chi connectivity index (χ1) is 10.5. The topological polar surface area (TPSA) is 65.5 Å². The van der Waals surface area contributed by atoms with E-state index in [4.69, 9.17) is 0 Å². The molecule has 0 saturated heterocycles. The van der Waals surface area contributed by atoms with E-state index in [0.29, 0.717) is 12.2 Å². The summed E-state index contributed by atoms with van der Waals surface area (Å²) < 4.78 is 0. The van der Waals surface area contributed by atoms with Gasteiger partial charge < -0.3 is 15.3 Å². The third-order valence-corrected chi connectivity index (χ3v) is 3.95. The van der Waals surface area contributed by atoms with Crippen LogP contribution in [0.15, 0.2) is 30.3 Å². The lowest BCUT2D eigenvalue weighted by Crippen LogP contribution is -2.34. The van der Waals surface area contributed by atoms with Crippen molar-refractivity contribution in [1.29, 1.82) is 0 Å². The Bertz CT molecular complexity index is 728. The minimum absolute atomic E-state index is 0.0569. The Hall–Kier alpha value is -2.56. The number of pyridine rings is 1. The predicted molar refractivity (Wildman–Crippen MR) is 85.1 cm³/mol. The number of likely N-dealkylation sites (N-methyl/N-ethyl adjacent to an activating group) is 1. The number of aryl methyl sites for hydroxylation is 1. The molecule has 1 aromatic heterocycles. The molecule has 22 heavy (non-hydrogen) atoms. The van der Waals surface area contributed by atoms with Gasteiger partial charge in [0, 0.05) is 30.5 Å². The molecule has 0 aliphatic carbocycles. The van der Waals surface area contributed by atoms with E-state index in [9.17, 15) is 9.90 Å². The summed E-state index contributed by atoms with van der Waals surface area (Å²) in [6.45, 7) is 3.06. The molecule has 5 nitrogen and oxygen atoms in total. The maximum atomic E-state index is 12.2. The van der Waals surface area contributed by atoms with Crippen LogP contribution in [0.1, 0.15) is 27.3 Å². The van der Waals surface area contributed by atoms with E-state index in [1.54, 1.807) is 17.0 Å². The fourth-order valence-electron chi connectivity index (χ4n) is 2.62. The second kappa shape index (κ2) is 5.67. The van der Waals surface area contributed by atoms with Gasteiger partial charge in [-0.15, -0.1) is 0 Å². The Morgan fingerprint density at radius 3 is 2.95 bits per heavy atom. The van der Waals surface area contributed by atoms with E-state index >= 15 is 0 Å². The van der Waals surface area contributed by atoms with Crippen molar-refractivity contribution in [2.24, 2.45) is 0 Å². The van der Waals surface area contributed by atoms with Gasteiger partial charge in [-0.3, -0.25) is 9.78 Å². The Morgan fingerprint density at radius 1 is 1.32 bits per heavy atom. The van der Waals surface area contributed by atoms with Crippen molar-refractivity contribution in [1.82, 2.24) is 9.88 Å². The van der Waals surface area contributed by atoms with Gasteiger partial charge in [-0.25, -0.2) is 0 Å². The normalized spacial score (nSPS) is 13.9. The number of carbonyl (C=O) groups is 1. The lowest BCUT2D eigenvalue weighted by Gasteiger charge is -2.25. The van der Waals surface area contributed by atoms with E-state index in [0.717, 1.165) is 35.5 Å². The number of nitrogens with zero attached hydrogens (tertiary/aromatic N) is 2. The molecular formula is C17H19N3O2. The fraction of sp³-hybridized carbons (Fsp3) is 0.294. The van der Waals surface area contributed by atoms with Crippen LogP contribution in [0.4, 0.5) is 5.69 Å². The maximum absolute atomic E-state index is 12.2. The molecule has 2 N–H and O–H groups in total. The molecule has 0 atom stereocenters. The molecule has 0 spiro atoms. The van der Waals surface area contributed by atoms with Crippen molar-refractivity contribution in [3.8, 4) is 5.75 Å². The third-order valence-electron chi connectivity index (χ3n) is 3.95. The van der Waals surface area contributed by atoms with E-state index in [1.807, 2.05) is 32.2 Å². The quantitative estimate of drug-likeness (QED) is 0.912. The second-order valence-corrected chi connectivity index (χ2v) is 5.62. The Morgan fingerprint density at radius 2 is 2.14 bits per heavy atom. The van der Waals surface area contributed by atoms with Crippen molar-refractivity contribution in [2.45, 2.75) is 19.9 Å². The highest BCUT2D eigenvalue weighted by atomic mass is 16.3. The SMILES string of the molecule is Cc1ccc(O)c(CNc2ccc3c(c2)C(=O)N(C)CC3)n1. The smallest absolute Gasteiger partial charge is 0.253 e. The van der Waals surface area contributed by atoms with Crippen LogP contribution in [-0.4, -0.2) is 34.5 Å². The van der Waals surface area contributed by atoms with Crippen LogP contribution >= 0.6 is 0 Å². The molecule has 1 amide bonds. The molecule has 1 aliphatic heterocycles.